The van der Waals surface area contributed by atoms with Gasteiger partial charge in [-0.25, -0.2) is 21.6 Å². The Morgan fingerprint density at radius 3 is 1.28 bits per heavy atom. The Labute approximate surface area is 362 Å². The number of benzene rings is 4. The number of sulfonamides is 2. The zero-order chi connectivity index (χ0) is 45.1. The summed E-state index contributed by atoms with van der Waals surface area (Å²) in [5, 5.41) is 6.94. The van der Waals surface area contributed by atoms with Gasteiger partial charge in [0.05, 0.1) is 34.2 Å². The van der Waals surface area contributed by atoms with Crippen molar-refractivity contribution in [2.75, 3.05) is 47.3 Å². The molecule has 4 rings (SSSR count). The average Bonchev–Trinajstić information content (AvgIpc) is 3.23. The highest BCUT2D eigenvalue weighted by Gasteiger charge is 2.24. The van der Waals surface area contributed by atoms with E-state index in [1.54, 1.807) is 52.7 Å². The third-order valence-electron chi connectivity index (χ3n) is 9.13. The van der Waals surface area contributed by atoms with E-state index in [4.69, 9.17) is 23.7 Å². The van der Waals surface area contributed by atoms with Crippen molar-refractivity contribution < 1.29 is 45.3 Å². The van der Waals surface area contributed by atoms with E-state index in [-0.39, 0.29) is 44.5 Å². The lowest BCUT2D eigenvalue weighted by atomic mass is 10.2. The summed E-state index contributed by atoms with van der Waals surface area (Å²) in [6.45, 7) is 12.5. The maximum Gasteiger partial charge on any atom is 0.407 e. The molecule has 0 unspecified atom stereocenters. The van der Waals surface area contributed by atoms with Gasteiger partial charge in [0.25, 0.3) is 0 Å². The molecule has 0 aromatic heterocycles. The van der Waals surface area contributed by atoms with Crippen LogP contribution in [0.5, 0.6) is 23.0 Å². The fraction of sp³-hybridized carbons (Fsp3) is 0.400. The van der Waals surface area contributed by atoms with E-state index in [0.29, 0.717) is 24.5 Å². The second kappa shape index (κ2) is 24.3. The van der Waals surface area contributed by atoms with Gasteiger partial charge >= 0.3 is 6.09 Å². The summed E-state index contributed by atoms with van der Waals surface area (Å²) in [6, 6.07) is 29.4. The highest BCUT2D eigenvalue weighted by molar-refractivity contribution is 7.92. The third kappa shape index (κ3) is 18.2. The summed E-state index contributed by atoms with van der Waals surface area (Å²) in [5.41, 5.74) is 2.93. The molecule has 0 radical (unpaired) electrons. The van der Waals surface area contributed by atoms with Gasteiger partial charge in [-0.3, -0.25) is 0 Å². The topological polar surface area (TPSA) is 162 Å². The molecule has 61 heavy (non-hydrogen) atoms. The van der Waals surface area contributed by atoms with Crippen LogP contribution in [0.15, 0.2) is 109 Å². The highest BCUT2D eigenvalue weighted by Crippen LogP contribution is 2.21. The number of rotatable bonds is 22. The number of amides is 1. The van der Waals surface area contributed by atoms with Gasteiger partial charge in [0.15, 0.2) is 0 Å². The summed E-state index contributed by atoms with van der Waals surface area (Å²) in [4.78, 5) is 11.8. The normalized spacial score (nSPS) is 12.2. The van der Waals surface area contributed by atoms with E-state index in [1.807, 2.05) is 100 Å². The van der Waals surface area contributed by atoms with Crippen molar-refractivity contribution in [1.82, 2.24) is 19.2 Å². The second-order valence-electron chi connectivity index (χ2n) is 15.0. The number of nitrogens with zero attached hydrogens (tertiary/aromatic N) is 2. The summed E-state index contributed by atoms with van der Waals surface area (Å²) >= 11 is 0. The van der Waals surface area contributed by atoms with Crippen LogP contribution in [-0.2, 0) is 51.0 Å². The van der Waals surface area contributed by atoms with Crippen LogP contribution in [0, 0.1) is 0 Å². The maximum absolute atomic E-state index is 13.4. The van der Waals surface area contributed by atoms with Crippen LogP contribution in [0.2, 0.25) is 0 Å². The largest absolute Gasteiger partial charge is 0.497 e. The lowest BCUT2D eigenvalue weighted by Crippen LogP contribution is -2.39. The SMILES string of the molecule is C=CS(=O)(=O)N(Cc1ccc(OC)cc1)Cc1ccc(OC)cc1.COc1ccc(CN(Cc2ccc(OC)cc2)S(=O)(=O)CCN[C@H](C)CCNC(=O)OC(C)(C)C)cc1. The summed E-state index contributed by atoms with van der Waals surface area (Å²) < 4.78 is 80.1. The fourth-order valence-electron chi connectivity index (χ4n) is 5.70. The lowest BCUT2D eigenvalue weighted by Gasteiger charge is -2.24. The molecule has 334 valence electrons. The van der Waals surface area contributed by atoms with Crippen molar-refractivity contribution in [2.45, 2.75) is 71.9 Å². The number of hydrogen-bond acceptors (Lipinski definition) is 11. The quantitative estimate of drug-likeness (QED) is 0.0828. The molecule has 0 spiro atoms. The van der Waals surface area contributed by atoms with Crippen LogP contribution in [0.3, 0.4) is 0 Å². The Kier molecular flexibility index (Phi) is 20.0. The maximum atomic E-state index is 13.4. The molecule has 1 amide bonds. The van der Waals surface area contributed by atoms with Crippen LogP contribution < -0.4 is 29.6 Å². The van der Waals surface area contributed by atoms with Crippen molar-refractivity contribution in [2.24, 2.45) is 0 Å². The van der Waals surface area contributed by atoms with Crippen LogP contribution in [0.1, 0.15) is 56.4 Å². The minimum absolute atomic E-state index is 0.0155. The van der Waals surface area contributed by atoms with Gasteiger partial charge in [0.2, 0.25) is 20.0 Å². The Bertz CT molecular complexity index is 2040. The molecule has 4 aromatic carbocycles. The van der Waals surface area contributed by atoms with Crippen molar-refractivity contribution in [3.63, 3.8) is 0 Å². The smallest absolute Gasteiger partial charge is 0.407 e. The van der Waals surface area contributed by atoms with E-state index >= 15 is 0 Å². The van der Waals surface area contributed by atoms with Crippen molar-refractivity contribution >= 4 is 26.1 Å². The third-order valence-corrected chi connectivity index (χ3v) is 12.3. The molecule has 0 aliphatic carbocycles. The molecule has 1 atom stereocenters. The Hall–Kier alpha value is -5.13. The summed E-state index contributed by atoms with van der Waals surface area (Å²) in [5.74, 6) is 2.84. The first-order valence-corrected chi connectivity index (χ1v) is 22.8. The first-order valence-electron chi connectivity index (χ1n) is 19.7. The minimum Gasteiger partial charge on any atom is -0.497 e. The predicted molar refractivity (Wildman–Crippen MR) is 240 cm³/mol. The molecular formula is C45H62N4O10S2. The molecule has 0 saturated heterocycles. The molecule has 0 saturated carbocycles. The molecule has 0 aliphatic rings. The monoisotopic (exact) mass is 882 g/mol. The number of carbonyl (C=O) groups excluding carboxylic acids is 1. The second-order valence-corrected chi connectivity index (χ2v) is 19.0. The fourth-order valence-corrected chi connectivity index (χ4v) is 7.90. The van der Waals surface area contributed by atoms with Crippen LogP contribution >= 0.6 is 0 Å². The molecule has 0 bridgehead atoms. The van der Waals surface area contributed by atoms with Gasteiger partial charge in [-0.05, 0) is 105 Å². The van der Waals surface area contributed by atoms with Gasteiger partial charge < -0.3 is 34.3 Å². The van der Waals surface area contributed by atoms with Crippen LogP contribution in [0.25, 0.3) is 0 Å². The van der Waals surface area contributed by atoms with E-state index in [2.05, 4.69) is 17.2 Å². The predicted octanol–water partition coefficient (Wildman–Crippen LogP) is 7.11. The molecule has 0 aliphatic heterocycles. The number of hydrogen-bond donors (Lipinski definition) is 2. The van der Waals surface area contributed by atoms with Crippen molar-refractivity contribution in [1.29, 1.82) is 0 Å². The standard InChI is InChI=1S/C27H41N3O6S.C18H21NO4S/c1-21(15-16-29-26(31)36-27(2,3)4)28-17-18-37(32,33)30(19-22-7-11-24(34-5)12-8-22)20-23-9-13-25(35-6)14-10-23;1-4-24(20,21)19(13-15-5-9-17(22-2)10-6-15)14-16-7-11-18(23-3)12-8-16/h7-14,21,28H,15-20H2,1-6H3,(H,29,31);4-12H,1,13-14H2,2-3H3/t21-;/m1./s1. The van der Waals surface area contributed by atoms with Crippen LogP contribution in [0.4, 0.5) is 4.79 Å². The number of ether oxygens (including phenoxy) is 5. The molecule has 16 heteroatoms. The number of methoxy groups -OCH3 is 4. The van der Waals surface area contributed by atoms with Gasteiger partial charge in [0.1, 0.15) is 28.6 Å². The Morgan fingerprint density at radius 1 is 0.623 bits per heavy atom. The van der Waals surface area contributed by atoms with E-state index in [0.717, 1.165) is 39.2 Å². The van der Waals surface area contributed by atoms with Gasteiger partial charge in [-0.2, -0.15) is 8.61 Å². The minimum atomic E-state index is -3.58. The van der Waals surface area contributed by atoms with Crippen LogP contribution in [-0.4, -0.2) is 90.5 Å². The Morgan fingerprint density at radius 2 is 0.967 bits per heavy atom. The van der Waals surface area contributed by atoms with E-state index in [9.17, 15) is 21.6 Å². The zero-order valence-electron chi connectivity index (χ0n) is 36.5. The molecule has 2 N–H and O–H groups in total. The van der Waals surface area contributed by atoms with E-state index < -0.39 is 31.7 Å². The zero-order valence-corrected chi connectivity index (χ0v) is 38.2. The summed E-state index contributed by atoms with van der Waals surface area (Å²) in [6.07, 6.45) is 0.177. The number of nitrogens with one attached hydrogen (secondary N) is 2. The first-order chi connectivity index (χ1) is 28.9. The van der Waals surface area contributed by atoms with E-state index in [1.165, 1.54) is 8.61 Å². The lowest BCUT2D eigenvalue weighted by molar-refractivity contribution is 0.0526. The first kappa shape index (κ1) is 50.2. The molecule has 4 aromatic rings. The highest BCUT2D eigenvalue weighted by atomic mass is 32.2. The summed E-state index contributed by atoms with van der Waals surface area (Å²) in [7, 11) is -0.765. The molecule has 14 nitrogen and oxygen atoms in total. The van der Waals surface area contributed by atoms with Gasteiger partial charge in [0, 0.05) is 50.7 Å². The van der Waals surface area contributed by atoms with Crippen molar-refractivity contribution in [3.05, 3.63) is 131 Å². The van der Waals surface area contributed by atoms with Crippen molar-refractivity contribution in [3.8, 4) is 23.0 Å². The number of carbonyl (C=O) groups is 1. The van der Waals surface area contributed by atoms with Gasteiger partial charge in [-0.1, -0.05) is 55.1 Å². The Balaban J connectivity index is 0.000000356. The number of alkyl carbamates (subject to hydrolysis) is 1. The average molecular weight is 883 g/mol. The molecule has 0 fully saturated rings. The van der Waals surface area contributed by atoms with Gasteiger partial charge in [-0.15, -0.1) is 0 Å². The molecule has 0 heterocycles. The molecular weight excluding hydrogens is 821 g/mol.